The van der Waals surface area contributed by atoms with E-state index in [1.807, 2.05) is 27.7 Å². The fraction of sp³-hybridized carbons (Fsp3) is 0.556. The Labute approximate surface area is 78.7 Å². The van der Waals surface area contributed by atoms with Gasteiger partial charge in [-0.05, 0) is 13.8 Å². The highest BCUT2D eigenvalue weighted by molar-refractivity contribution is 5.92. The third-order valence-corrected chi connectivity index (χ3v) is 1.87. The van der Waals surface area contributed by atoms with Crippen molar-refractivity contribution in [3.63, 3.8) is 0 Å². The maximum absolute atomic E-state index is 10.7. The van der Waals surface area contributed by atoms with Crippen LogP contribution in [0.5, 0.6) is 0 Å². The minimum absolute atomic E-state index is 0.366. The van der Waals surface area contributed by atoms with Crippen molar-refractivity contribution in [2.45, 2.75) is 27.7 Å². The van der Waals surface area contributed by atoms with Crippen LogP contribution >= 0.6 is 0 Å². The van der Waals surface area contributed by atoms with Gasteiger partial charge in [0.25, 0.3) is 5.91 Å². The Morgan fingerprint density at radius 3 is 2.00 bits per heavy atom. The topological polar surface area (TPSA) is 60.9 Å². The maximum atomic E-state index is 10.7. The minimum Gasteiger partial charge on any atom is -0.364 e. The van der Waals surface area contributed by atoms with Crippen molar-refractivity contribution in [3.8, 4) is 0 Å². The van der Waals surface area contributed by atoms with E-state index in [4.69, 9.17) is 5.73 Å². The van der Waals surface area contributed by atoms with Gasteiger partial charge in [0.1, 0.15) is 0 Å². The summed E-state index contributed by atoms with van der Waals surface area (Å²) in [5.74, 6) is -0.466. The van der Waals surface area contributed by atoms with E-state index in [1.54, 1.807) is 11.7 Å². The van der Waals surface area contributed by atoms with Crippen LogP contribution in [0, 0.1) is 13.8 Å². The van der Waals surface area contributed by atoms with Crippen LogP contribution in [0.25, 0.3) is 0 Å². The van der Waals surface area contributed by atoms with Crippen LogP contribution in [0.4, 0.5) is 0 Å². The molecule has 0 aliphatic rings. The first-order valence-electron chi connectivity index (χ1n) is 4.34. The minimum atomic E-state index is -0.466. The Morgan fingerprint density at radius 1 is 1.38 bits per heavy atom. The summed E-state index contributed by atoms with van der Waals surface area (Å²) in [6, 6.07) is 0. The number of nitrogens with two attached hydrogens (primary N) is 1. The van der Waals surface area contributed by atoms with Gasteiger partial charge in [-0.15, -0.1) is 0 Å². The van der Waals surface area contributed by atoms with E-state index in [0.29, 0.717) is 5.69 Å². The summed E-state index contributed by atoms with van der Waals surface area (Å²) < 4.78 is 1.65. The number of rotatable bonds is 1. The predicted octanol–water partition coefficient (Wildman–Crippen LogP) is 1.16. The molecule has 1 aromatic heterocycles. The molecule has 0 atom stereocenters. The molecule has 0 unspecified atom stereocenters. The second-order valence-electron chi connectivity index (χ2n) is 2.55. The molecule has 0 aliphatic heterocycles. The normalized spacial score (nSPS) is 9.00. The smallest absolute Gasteiger partial charge is 0.269 e. The van der Waals surface area contributed by atoms with Crippen LogP contribution in [-0.2, 0) is 7.05 Å². The number of hydrogen-bond acceptors (Lipinski definition) is 2. The van der Waals surface area contributed by atoms with Crippen molar-refractivity contribution >= 4 is 5.91 Å². The molecule has 1 rings (SSSR count). The molecule has 0 aliphatic carbocycles. The number of hydrogen-bond donors (Lipinski definition) is 1. The van der Waals surface area contributed by atoms with Gasteiger partial charge in [-0.2, -0.15) is 5.10 Å². The molecule has 0 aromatic carbocycles. The molecule has 0 bridgehead atoms. The lowest BCUT2D eigenvalue weighted by Crippen LogP contribution is -2.13. The van der Waals surface area contributed by atoms with E-state index in [1.165, 1.54) is 0 Å². The van der Waals surface area contributed by atoms with Crippen LogP contribution in [0.2, 0.25) is 0 Å². The van der Waals surface area contributed by atoms with E-state index in [9.17, 15) is 4.79 Å². The molecule has 13 heavy (non-hydrogen) atoms. The standard InChI is InChI=1S/C7H11N3O.C2H6/c1-4-5(2)10(3)9-6(4)7(8)11;1-2/h1-3H3,(H2,8,11);1-2H3. The second-order valence-corrected chi connectivity index (χ2v) is 2.55. The van der Waals surface area contributed by atoms with Crippen LogP contribution in [0.3, 0.4) is 0 Å². The fourth-order valence-electron chi connectivity index (χ4n) is 0.948. The summed E-state index contributed by atoms with van der Waals surface area (Å²) >= 11 is 0. The third-order valence-electron chi connectivity index (χ3n) is 1.87. The van der Waals surface area contributed by atoms with Crippen LogP contribution < -0.4 is 5.73 Å². The Kier molecular flexibility index (Phi) is 4.17. The van der Waals surface area contributed by atoms with E-state index < -0.39 is 5.91 Å². The zero-order chi connectivity index (χ0) is 10.6. The molecule has 1 heterocycles. The molecule has 2 N–H and O–H groups in total. The highest BCUT2D eigenvalue weighted by Gasteiger charge is 2.12. The first-order chi connectivity index (χ1) is 6.04. The summed E-state index contributed by atoms with van der Waals surface area (Å²) in [5.41, 5.74) is 7.28. The monoisotopic (exact) mass is 183 g/mol. The van der Waals surface area contributed by atoms with Gasteiger partial charge in [0, 0.05) is 18.3 Å². The molecule has 1 aromatic rings. The van der Waals surface area contributed by atoms with Crippen LogP contribution in [0.1, 0.15) is 35.6 Å². The van der Waals surface area contributed by atoms with Gasteiger partial charge in [-0.3, -0.25) is 9.48 Å². The molecule has 0 saturated heterocycles. The first kappa shape index (κ1) is 11.7. The summed E-state index contributed by atoms with van der Waals surface area (Å²) in [7, 11) is 1.79. The van der Waals surface area contributed by atoms with Gasteiger partial charge in [-0.1, -0.05) is 13.8 Å². The SMILES string of the molecule is CC.Cc1c(C(N)=O)nn(C)c1C. The molecule has 0 spiro atoms. The van der Waals surface area contributed by atoms with Gasteiger partial charge in [0.2, 0.25) is 0 Å². The number of aryl methyl sites for hydroxylation is 1. The van der Waals surface area contributed by atoms with Gasteiger partial charge >= 0.3 is 0 Å². The molecule has 0 radical (unpaired) electrons. The lowest BCUT2D eigenvalue weighted by molar-refractivity contribution is 0.0994. The summed E-state index contributed by atoms with van der Waals surface area (Å²) in [4.78, 5) is 10.7. The Hall–Kier alpha value is -1.32. The summed E-state index contributed by atoms with van der Waals surface area (Å²) in [5, 5.41) is 3.95. The van der Waals surface area contributed by atoms with E-state index in [2.05, 4.69) is 5.10 Å². The quantitative estimate of drug-likeness (QED) is 0.710. The molecule has 0 fully saturated rings. The van der Waals surface area contributed by atoms with Crippen molar-refractivity contribution in [1.29, 1.82) is 0 Å². The molecule has 4 nitrogen and oxygen atoms in total. The van der Waals surface area contributed by atoms with Crippen molar-refractivity contribution in [3.05, 3.63) is 17.0 Å². The molecule has 1 amide bonds. The van der Waals surface area contributed by atoms with E-state index in [-0.39, 0.29) is 0 Å². The number of aromatic nitrogens is 2. The fourth-order valence-corrected chi connectivity index (χ4v) is 0.948. The Morgan fingerprint density at radius 2 is 1.85 bits per heavy atom. The maximum Gasteiger partial charge on any atom is 0.269 e. The number of nitrogens with zero attached hydrogens (tertiary/aromatic N) is 2. The van der Waals surface area contributed by atoms with Crippen molar-refractivity contribution < 1.29 is 4.79 Å². The Balaban J connectivity index is 0.000000671. The second kappa shape index (κ2) is 4.64. The van der Waals surface area contributed by atoms with Crippen molar-refractivity contribution in [1.82, 2.24) is 9.78 Å². The highest BCUT2D eigenvalue weighted by atomic mass is 16.1. The summed E-state index contributed by atoms with van der Waals surface area (Å²) in [6.07, 6.45) is 0. The number of carbonyl (C=O) groups excluding carboxylic acids is 1. The third kappa shape index (κ3) is 2.31. The Bertz CT molecular complexity index is 302. The van der Waals surface area contributed by atoms with Gasteiger partial charge in [-0.25, -0.2) is 0 Å². The number of carbonyl (C=O) groups is 1. The lowest BCUT2D eigenvalue weighted by Gasteiger charge is -1.90. The lowest BCUT2D eigenvalue weighted by atomic mass is 10.2. The average Bonchev–Trinajstić information content (AvgIpc) is 2.36. The van der Waals surface area contributed by atoms with E-state index in [0.717, 1.165) is 11.3 Å². The molecular weight excluding hydrogens is 166 g/mol. The largest absolute Gasteiger partial charge is 0.364 e. The van der Waals surface area contributed by atoms with E-state index >= 15 is 0 Å². The summed E-state index contributed by atoms with van der Waals surface area (Å²) in [6.45, 7) is 7.73. The van der Waals surface area contributed by atoms with Crippen molar-refractivity contribution in [2.24, 2.45) is 12.8 Å². The van der Waals surface area contributed by atoms with Gasteiger partial charge < -0.3 is 5.73 Å². The highest BCUT2D eigenvalue weighted by Crippen LogP contribution is 2.09. The van der Waals surface area contributed by atoms with Crippen LogP contribution in [0.15, 0.2) is 0 Å². The van der Waals surface area contributed by atoms with Gasteiger partial charge in [0.05, 0.1) is 0 Å². The first-order valence-corrected chi connectivity index (χ1v) is 4.34. The molecule has 0 saturated carbocycles. The zero-order valence-electron chi connectivity index (χ0n) is 8.88. The molecular formula is C9H17N3O. The zero-order valence-corrected chi connectivity index (χ0v) is 8.88. The molecule has 74 valence electrons. The predicted molar refractivity (Wildman–Crippen MR) is 52.5 cm³/mol. The number of amides is 1. The van der Waals surface area contributed by atoms with Crippen molar-refractivity contribution in [2.75, 3.05) is 0 Å². The average molecular weight is 183 g/mol. The molecule has 4 heteroatoms. The van der Waals surface area contributed by atoms with Gasteiger partial charge in [0.15, 0.2) is 5.69 Å². The number of primary amides is 1. The van der Waals surface area contributed by atoms with Crippen LogP contribution in [-0.4, -0.2) is 15.7 Å².